The fourth-order valence-electron chi connectivity index (χ4n) is 2.25. The van der Waals surface area contributed by atoms with Crippen LogP contribution in [0.4, 0.5) is 10.5 Å². The van der Waals surface area contributed by atoms with Gasteiger partial charge in [-0.15, -0.1) is 0 Å². The third-order valence-corrected chi connectivity index (χ3v) is 3.64. The van der Waals surface area contributed by atoms with Crippen LogP contribution in [0, 0.1) is 0 Å². The van der Waals surface area contributed by atoms with Crippen molar-refractivity contribution in [2.45, 2.75) is 19.8 Å². The van der Waals surface area contributed by atoms with E-state index in [0.717, 1.165) is 22.6 Å². The van der Waals surface area contributed by atoms with Gasteiger partial charge in [-0.25, -0.2) is 4.79 Å². The zero-order valence-electron chi connectivity index (χ0n) is 13.6. The number of benzene rings is 1. The molecule has 6 heteroatoms. The summed E-state index contributed by atoms with van der Waals surface area (Å²) in [7, 11) is 3.87. The first-order chi connectivity index (χ1) is 10.9. The Morgan fingerprint density at radius 1 is 1.13 bits per heavy atom. The predicted molar refractivity (Wildman–Crippen MR) is 88.9 cm³/mol. The van der Waals surface area contributed by atoms with Gasteiger partial charge >= 0.3 is 6.03 Å². The van der Waals surface area contributed by atoms with E-state index >= 15 is 0 Å². The summed E-state index contributed by atoms with van der Waals surface area (Å²) in [6.07, 6.45) is 3.08. The van der Waals surface area contributed by atoms with Gasteiger partial charge in [0.1, 0.15) is 5.57 Å². The number of hydrogen-bond acceptors (Lipinski definition) is 4. The lowest BCUT2D eigenvalue weighted by Gasteiger charge is -2.26. The Morgan fingerprint density at radius 2 is 1.78 bits per heavy atom. The van der Waals surface area contributed by atoms with Crippen LogP contribution < -0.4 is 10.2 Å². The number of hydrogen-bond donors (Lipinski definition) is 1. The van der Waals surface area contributed by atoms with Gasteiger partial charge in [-0.2, -0.15) is 0 Å². The van der Waals surface area contributed by atoms with Gasteiger partial charge in [0.25, 0.3) is 11.8 Å². The molecule has 1 N–H and O–H groups in total. The molecule has 1 saturated heterocycles. The Balaban J connectivity index is 2.26. The van der Waals surface area contributed by atoms with Crippen molar-refractivity contribution in [2.24, 2.45) is 0 Å². The Labute approximate surface area is 135 Å². The first-order valence-corrected chi connectivity index (χ1v) is 7.60. The number of carbonyl (C=O) groups excluding carboxylic acids is 3. The van der Waals surface area contributed by atoms with E-state index in [9.17, 15) is 14.4 Å². The molecule has 1 aliphatic rings. The summed E-state index contributed by atoms with van der Waals surface area (Å²) in [6.45, 7) is 2.28. The lowest BCUT2D eigenvalue weighted by atomic mass is 10.1. The molecule has 2 rings (SSSR count). The number of nitrogens with zero attached hydrogens (tertiary/aromatic N) is 2. The second kappa shape index (κ2) is 7.09. The van der Waals surface area contributed by atoms with Crippen LogP contribution in [0.3, 0.4) is 0 Å². The van der Waals surface area contributed by atoms with Gasteiger partial charge in [-0.3, -0.25) is 19.8 Å². The molecular formula is C17H21N3O3. The van der Waals surface area contributed by atoms with Gasteiger partial charge in [0, 0.05) is 26.3 Å². The molecule has 1 aromatic rings. The van der Waals surface area contributed by atoms with Crippen LogP contribution in [0.1, 0.15) is 25.3 Å². The Morgan fingerprint density at radius 3 is 2.35 bits per heavy atom. The molecular weight excluding hydrogens is 294 g/mol. The van der Waals surface area contributed by atoms with Crippen LogP contribution in [0.5, 0.6) is 0 Å². The maximum atomic E-state index is 12.4. The highest BCUT2D eigenvalue weighted by molar-refractivity contribution is 6.31. The van der Waals surface area contributed by atoms with Gasteiger partial charge in [-0.1, -0.05) is 25.5 Å². The van der Waals surface area contributed by atoms with Gasteiger partial charge in [-0.05, 0) is 30.2 Å². The molecule has 1 fully saturated rings. The molecule has 4 amide bonds. The van der Waals surface area contributed by atoms with Crippen LogP contribution in [0.15, 0.2) is 29.8 Å². The highest BCUT2D eigenvalue weighted by Gasteiger charge is 2.35. The second-order valence-electron chi connectivity index (χ2n) is 5.61. The summed E-state index contributed by atoms with van der Waals surface area (Å²) >= 11 is 0. The Bertz CT molecular complexity index is 648. The standard InChI is InChI=1S/C17H21N3O3/c1-4-5-10-20-16(22)14(15(21)18-17(20)23)11-12-6-8-13(9-7-12)19(2)3/h6-9,11H,4-5,10H2,1-3H3,(H,18,21,23)/b14-11-. The monoisotopic (exact) mass is 315 g/mol. The van der Waals surface area contributed by atoms with Crippen molar-refractivity contribution in [2.75, 3.05) is 25.5 Å². The van der Waals surface area contributed by atoms with E-state index < -0.39 is 17.8 Å². The van der Waals surface area contributed by atoms with Crippen molar-refractivity contribution in [3.05, 3.63) is 35.4 Å². The number of unbranched alkanes of at least 4 members (excludes halogenated alkanes) is 1. The molecule has 0 saturated carbocycles. The number of urea groups is 1. The summed E-state index contributed by atoms with van der Waals surface area (Å²) in [5.74, 6) is -1.19. The number of nitrogens with one attached hydrogen (secondary N) is 1. The van der Waals surface area contributed by atoms with Gasteiger partial charge in [0.05, 0.1) is 0 Å². The zero-order valence-corrected chi connectivity index (χ0v) is 13.6. The molecule has 0 bridgehead atoms. The summed E-state index contributed by atoms with van der Waals surface area (Å²) in [5.41, 5.74) is 1.74. The molecule has 1 aromatic carbocycles. The molecule has 0 spiro atoms. The summed E-state index contributed by atoms with van der Waals surface area (Å²) < 4.78 is 0. The number of rotatable bonds is 5. The van der Waals surface area contributed by atoms with E-state index in [-0.39, 0.29) is 5.57 Å². The molecule has 0 aliphatic carbocycles. The first-order valence-electron chi connectivity index (χ1n) is 7.60. The molecule has 0 unspecified atom stereocenters. The maximum absolute atomic E-state index is 12.4. The van der Waals surface area contributed by atoms with Crippen molar-refractivity contribution in [3.8, 4) is 0 Å². The van der Waals surface area contributed by atoms with Gasteiger partial charge < -0.3 is 4.90 Å². The molecule has 6 nitrogen and oxygen atoms in total. The van der Waals surface area contributed by atoms with E-state index in [1.165, 1.54) is 6.08 Å². The fraction of sp³-hybridized carbons (Fsp3) is 0.353. The lowest BCUT2D eigenvalue weighted by Crippen LogP contribution is -2.54. The normalized spacial score (nSPS) is 16.7. The van der Waals surface area contributed by atoms with Crippen LogP contribution in [-0.4, -0.2) is 43.4 Å². The van der Waals surface area contributed by atoms with E-state index in [4.69, 9.17) is 0 Å². The topological polar surface area (TPSA) is 69.7 Å². The van der Waals surface area contributed by atoms with Crippen LogP contribution in [0.25, 0.3) is 6.08 Å². The zero-order chi connectivity index (χ0) is 17.0. The van der Waals surface area contributed by atoms with Gasteiger partial charge in [0.2, 0.25) is 0 Å². The summed E-state index contributed by atoms with van der Waals surface area (Å²) in [5, 5.41) is 2.22. The fourth-order valence-corrected chi connectivity index (χ4v) is 2.25. The highest BCUT2D eigenvalue weighted by Crippen LogP contribution is 2.18. The SMILES string of the molecule is CCCCN1C(=O)NC(=O)/C(=C/c2ccc(N(C)C)cc2)C1=O. The Kier molecular flexibility index (Phi) is 5.16. The summed E-state index contributed by atoms with van der Waals surface area (Å²) in [6, 6.07) is 6.81. The maximum Gasteiger partial charge on any atom is 0.331 e. The highest BCUT2D eigenvalue weighted by atomic mass is 16.2. The van der Waals surface area contributed by atoms with E-state index in [1.807, 2.05) is 50.2 Å². The number of amides is 4. The van der Waals surface area contributed by atoms with Crippen LogP contribution >= 0.6 is 0 Å². The largest absolute Gasteiger partial charge is 0.378 e. The molecule has 1 heterocycles. The molecule has 0 aromatic heterocycles. The van der Waals surface area contributed by atoms with E-state index in [1.54, 1.807) is 0 Å². The minimum atomic E-state index is -0.649. The van der Waals surface area contributed by atoms with Crippen LogP contribution in [0.2, 0.25) is 0 Å². The number of imide groups is 2. The quantitative estimate of drug-likeness (QED) is 0.666. The average molecular weight is 315 g/mol. The molecule has 0 radical (unpaired) electrons. The minimum Gasteiger partial charge on any atom is -0.378 e. The van der Waals surface area contributed by atoms with Crippen LogP contribution in [-0.2, 0) is 9.59 Å². The van der Waals surface area contributed by atoms with Crippen molar-refractivity contribution < 1.29 is 14.4 Å². The molecule has 23 heavy (non-hydrogen) atoms. The third-order valence-electron chi connectivity index (χ3n) is 3.64. The average Bonchev–Trinajstić information content (AvgIpc) is 2.51. The van der Waals surface area contributed by atoms with Crippen molar-refractivity contribution in [1.82, 2.24) is 10.2 Å². The lowest BCUT2D eigenvalue weighted by molar-refractivity contribution is -0.130. The number of barbiturate groups is 1. The summed E-state index contributed by atoms with van der Waals surface area (Å²) in [4.78, 5) is 39.2. The second-order valence-corrected chi connectivity index (χ2v) is 5.61. The molecule has 122 valence electrons. The smallest absolute Gasteiger partial charge is 0.331 e. The van der Waals surface area contributed by atoms with Crippen molar-refractivity contribution in [3.63, 3.8) is 0 Å². The molecule has 0 atom stereocenters. The van der Waals surface area contributed by atoms with Gasteiger partial charge in [0.15, 0.2) is 0 Å². The number of carbonyl (C=O) groups is 3. The Hall–Kier alpha value is -2.63. The van der Waals surface area contributed by atoms with Crippen molar-refractivity contribution >= 4 is 29.6 Å². The third kappa shape index (κ3) is 3.77. The van der Waals surface area contributed by atoms with E-state index in [2.05, 4.69) is 5.32 Å². The minimum absolute atomic E-state index is 0.0155. The predicted octanol–water partition coefficient (Wildman–Crippen LogP) is 2.01. The van der Waals surface area contributed by atoms with E-state index in [0.29, 0.717) is 13.0 Å². The first kappa shape index (κ1) is 16.7. The van der Waals surface area contributed by atoms with Crippen molar-refractivity contribution in [1.29, 1.82) is 0 Å². The molecule has 1 aliphatic heterocycles. The number of anilines is 1.